The molecule has 0 radical (unpaired) electrons. The van der Waals surface area contributed by atoms with Crippen molar-refractivity contribution in [2.24, 2.45) is 0 Å². The first kappa shape index (κ1) is 9.33. The molecule has 0 amide bonds. The molecule has 1 saturated heterocycles. The molecule has 1 nitrogen and oxygen atoms in total. The van der Waals surface area contributed by atoms with Gasteiger partial charge in [-0.05, 0) is 32.1 Å². The summed E-state index contributed by atoms with van der Waals surface area (Å²) in [6.45, 7) is 0. The van der Waals surface area contributed by atoms with Crippen LogP contribution in [0.1, 0.15) is 32.1 Å². The molecule has 1 aliphatic heterocycles. The van der Waals surface area contributed by atoms with Gasteiger partial charge in [-0.2, -0.15) is 0 Å². The van der Waals surface area contributed by atoms with Gasteiger partial charge in [0.2, 0.25) is 0 Å². The van der Waals surface area contributed by atoms with E-state index in [9.17, 15) is 8.94 Å². The summed E-state index contributed by atoms with van der Waals surface area (Å²) in [5.41, 5.74) is 0. The van der Waals surface area contributed by atoms with Gasteiger partial charge in [-0.15, -0.1) is 0 Å². The third kappa shape index (κ3) is 3.97. The van der Waals surface area contributed by atoms with E-state index in [0.717, 1.165) is 25.0 Å². The molecule has 1 aliphatic rings. The zero-order chi connectivity index (χ0) is 8.10. The van der Waals surface area contributed by atoms with Crippen molar-refractivity contribution in [1.82, 2.24) is 0 Å². The van der Waals surface area contributed by atoms with Crippen LogP contribution in [0.5, 0.6) is 0 Å². The molecule has 66 valence electrons. The SMILES string of the molecule is [O-][S+]1CCCCC(F)CCC1. The average molecular weight is 178 g/mol. The first-order valence-corrected chi connectivity index (χ1v) is 5.77. The maximum absolute atomic E-state index is 12.8. The number of halogens is 1. The molecule has 0 N–H and O–H groups in total. The molecule has 0 aromatic carbocycles. The standard InChI is InChI=1S/C8H15FOS/c9-8-4-1-2-6-11(10)7-3-5-8/h8H,1-7H2. The molecule has 2 atom stereocenters. The lowest BCUT2D eigenvalue weighted by Gasteiger charge is -2.07. The second-order valence-corrected chi connectivity index (χ2v) is 4.78. The van der Waals surface area contributed by atoms with E-state index >= 15 is 0 Å². The van der Waals surface area contributed by atoms with Crippen LogP contribution >= 0.6 is 0 Å². The van der Waals surface area contributed by atoms with Gasteiger partial charge in [0.1, 0.15) is 17.7 Å². The Morgan fingerprint density at radius 1 is 1.09 bits per heavy atom. The molecule has 3 heteroatoms. The average Bonchev–Trinajstić information content (AvgIpc) is 2.04. The summed E-state index contributed by atoms with van der Waals surface area (Å²) in [6.07, 6.45) is 3.31. The van der Waals surface area contributed by atoms with Crippen LogP contribution < -0.4 is 0 Å². The maximum Gasteiger partial charge on any atom is 0.105 e. The molecule has 0 aliphatic carbocycles. The quantitative estimate of drug-likeness (QED) is 0.520. The Morgan fingerprint density at radius 2 is 1.73 bits per heavy atom. The van der Waals surface area contributed by atoms with Crippen LogP contribution in [0.25, 0.3) is 0 Å². The van der Waals surface area contributed by atoms with Crippen molar-refractivity contribution >= 4 is 11.2 Å². The number of alkyl halides is 1. The maximum atomic E-state index is 12.8. The van der Waals surface area contributed by atoms with Crippen LogP contribution in [-0.2, 0) is 11.2 Å². The fourth-order valence-electron chi connectivity index (χ4n) is 1.34. The van der Waals surface area contributed by atoms with Crippen molar-refractivity contribution in [2.75, 3.05) is 11.5 Å². The lowest BCUT2D eigenvalue weighted by molar-refractivity contribution is 0.289. The summed E-state index contributed by atoms with van der Waals surface area (Å²) in [5.74, 6) is 1.49. The molecule has 0 spiro atoms. The zero-order valence-corrected chi connectivity index (χ0v) is 7.54. The largest absolute Gasteiger partial charge is 0.616 e. The number of hydrogen-bond donors (Lipinski definition) is 0. The van der Waals surface area contributed by atoms with Crippen molar-refractivity contribution in [3.63, 3.8) is 0 Å². The minimum atomic E-state index is -0.661. The highest BCUT2D eigenvalue weighted by Crippen LogP contribution is 2.15. The van der Waals surface area contributed by atoms with Crippen molar-refractivity contribution in [3.05, 3.63) is 0 Å². The fraction of sp³-hybridized carbons (Fsp3) is 1.00. The summed E-state index contributed by atoms with van der Waals surface area (Å²) in [6, 6.07) is 0. The van der Waals surface area contributed by atoms with Crippen molar-refractivity contribution < 1.29 is 8.94 Å². The third-order valence-corrected chi connectivity index (χ3v) is 3.52. The summed E-state index contributed by atoms with van der Waals surface area (Å²) in [5, 5.41) is 0. The monoisotopic (exact) mass is 178 g/mol. The van der Waals surface area contributed by atoms with Crippen molar-refractivity contribution in [3.8, 4) is 0 Å². The second-order valence-electron chi connectivity index (χ2n) is 3.08. The minimum absolute atomic E-state index is 0.617. The molecule has 1 rings (SSSR count). The zero-order valence-electron chi connectivity index (χ0n) is 6.72. The van der Waals surface area contributed by atoms with Gasteiger partial charge in [0.15, 0.2) is 0 Å². The molecule has 11 heavy (non-hydrogen) atoms. The van der Waals surface area contributed by atoms with E-state index in [1.165, 1.54) is 0 Å². The number of hydrogen-bond acceptors (Lipinski definition) is 1. The van der Waals surface area contributed by atoms with Gasteiger partial charge in [-0.25, -0.2) is 4.39 Å². The summed E-state index contributed by atoms with van der Waals surface area (Å²) in [4.78, 5) is 0. The van der Waals surface area contributed by atoms with Crippen LogP contribution in [-0.4, -0.2) is 22.2 Å². The lowest BCUT2D eigenvalue weighted by atomic mass is 10.1. The van der Waals surface area contributed by atoms with Gasteiger partial charge in [0.05, 0.1) is 0 Å². The van der Waals surface area contributed by atoms with Gasteiger partial charge >= 0.3 is 0 Å². The van der Waals surface area contributed by atoms with Crippen molar-refractivity contribution in [1.29, 1.82) is 0 Å². The Balaban J connectivity index is 2.24. The molecular weight excluding hydrogens is 163 g/mol. The van der Waals surface area contributed by atoms with E-state index in [1.807, 2.05) is 0 Å². The van der Waals surface area contributed by atoms with E-state index in [2.05, 4.69) is 0 Å². The highest BCUT2D eigenvalue weighted by Gasteiger charge is 2.13. The molecule has 0 saturated carbocycles. The Bertz CT molecular complexity index is 98.3. The normalized spacial score (nSPS) is 35.5. The molecule has 0 bridgehead atoms. The molecule has 2 unspecified atom stereocenters. The van der Waals surface area contributed by atoms with E-state index in [-0.39, 0.29) is 0 Å². The Labute approximate surface area is 70.5 Å². The summed E-state index contributed by atoms with van der Waals surface area (Å²) >= 11 is -0.661. The van der Waals surface area contributed by atoms with Gasteiger partial charge < -0.3 is 4.55 Å². The topological polar surface area (TPSA) is 23.1 Å². The number of rotatable bonds is 0. The lowest BCUT2D eigenvalue weighted by Crippen LogP contribution is -2.10. The first-order valence-electron chi connectivity index (χ1n) is 4.28. The van der Waals surface area contributed by atoms with Crippen LogP contribution in [0.4, 0.5) is 4.39 Å². The van der Waals surface area contributed by atoms with E-state index in [1.54, 1.807) is 0 Å². The van der Waals surface area contributed by atoms with Gasteiger partial charge in [0, 0.05) is 0 Å². The molecular formula is C8H15FOS. The summed E-state index contributed by atoms with van der Waals surface area (Å²) in [7, 11) is 0. The van der Waals surface area contributed by atoms with Gasteiger partial charge in [-0.1, -0.05) is 11.2 Å². The third-order valence-electron chi connectivity index (χ3n) is 2.03. The Kier molecular flexibility index (Phi) is 4.23. The Morgan fingerprint density at radius 3 is 2.55 bits per heavy atom. The van der Waals surface area contributed by atoms with E-state index in [4.69, 9.17) is 0 Å². The first-order chi connectivity index (χ1) is 5.29. The van der Waals surface area contributed by atoms with E-state index < -0.39 is 17.3 Å². The molecule has 0 aromatic rings. The highest BCUT2D eigenvalue weighted by atomic mass is 32.2. The minimum Gasteiger partial charge on any atom is -0.616 e. The molecule has 0 aromatic heterocycles. The van der Waals surface area contributed by atoms with Crippen molar-refractivity contribution in [2.45, 2.75) is 38.3 Å². The predicted molar refractivity (Wildman–Crippen MR) is 45.9 cm³/mol. The Hall–Kier alpha value is 0.240. The van der Waals surface area contributed by atoms with Crippen LogP contribution in [0.3, 0.4) is 0 Å². The smallest absolute Gasteiger partial charge is 0.105 e. The molecule has 1 heterocycles. The molecule has 1 fully saturated rings. The summed E-state index contributed by atoms with van der Waals surface area (Å²) < 4.78 is 23.9. The van der Waals surface area contributed by atoms with E-state index in [0.29, 0.717) is 18.6 Å². The predicted octanol–water partition coefficient (Wildman–Crippen LogP) is 2.04. The van der Waals surface area contributed by atoms with Gasteiger partial charge in [0.25, 0.3) is 0 Å². The highest BCUT2D eigenvalue weighted by molar-refractivity contribution is 7.91. The van der Waals surface area contributed by atoms with Crippen LogP contribution in [0.15, 0.2) is 0 Å². The van der Waals surface area contributed by atoms with Crippen LogP contribution in [0, 0.1) is 0 Å². The van der Waals surface area contributed by atoms with Gasteiger partial charge in [-0.3, -0.25) is 0 Å². The van der Waals surface area contributed by atoms with Crippen LogP contribution in [0.2, 0.25) is 0 Å². The fourth-order valence-corrected chi connectivity index (χ4v) is 2.56. The second kappa shape index (κ2) is 4.99.